The molecule has 2 aromatic rings. The van der Waals surface area contributed by atoms with Crippen LogP contribution in [-0.4, -0.2) is 21.2 Å². The zero-order chi connectivity index (χ0) is 13.8. The lowest BCUT2D eigenvalue weighted by molar-refractivity contribution is -0.384. The number of benzene rings is 1. The van der Waals surface area contributed by atoms with Gasteiger partial charge >= 0.3 is 0 Å². The molecule has 0 fully saturated rings. The van der Waals surface area contributed by atoms with Crippen molar-refractivity contribution in [2.24, 2.45) is 0 Å². The van der Waals surface area contributed by atoms with Gasteiger partial charge in [-0.3, -0.25) is 14.8 Å². The average molecular weight is 261 g/mol. The number of nitro groups is 1. The normalized spacial score (nSPS) is 10.4. The summed E-state index contributed by atoms with van der Waals surface area (Å²) < 4.78 is 1.81. The standard InChI is InChI=1S/C12H15N5O2/c1-9-7-15-16(8-9)3-2-14-11-4-10(13)5-12(6-11)17(18)19/h4-8,14H,2-3,13H2,1H3. The summed E-state index contributed by atoms with van der Waals surface area (Å²) in [6, 6.07) is 4.47. The zero-order valence-electron chi connectivity index (χ0n) is 10.5. The molecule has 19 heavy (non-hydrogen) atoms. The molecule has 0 amide bonds. The van der Waals surface area contributed by atoms with Crippen molar-refractivity contribution >= 4 is 17.1 Å². The van der Waals surface area contributed by atoms with Crippen LogP contribution in [0.1, 0.15) is 5.56 Å². The third-order valence-corrected chi connectivity index (χ3v) is 2.58. The van der Waals surface area contributed by atoms with Crippen LogP contribution in [0, 0.1) is 17.0 Å². The molecule has 100 valence electrons. The van der Waals surface area contributed by atoms with Crippen LogP contribution in [0.15, 0.2) is 30.6 Å². The van der Waals surface area contributed by atoms with E-state index in [0.29, 0.717) is 24.5 Å². The van der Waals surface area contributed by atoms with E-state index in [2.05, 4.69) is 10.4 Å². The molecule has 0 unspecified atom stereocenters. The molecule has 0 aliphatic carbocycles. The van der Waals surface area contributed by atoms with Gasteiger partial charge in [-0.2, -0.15) is 5.10 Å². The van der Waals surface area contributed by atoms with E-state index in [4.69, 9.17) is 5.73 Å². The highest BCUT2D eigenvalue weighted by Crippen LogP contribution is 2.22. The van der Waals surface area contributed by atoms with Crippen molar-refractivity contribution in [1.82, 2.24) is 9.78 Å². The number of aromatic nitrogens is 2. The van der Waals surface area contributed by atoms with E-state index in [1.165, 1.54) is 12.1 Å². The first-order valence-electron chi connectivity index (χ1n) is 5.82. The minimum Gasteiger partial charge on any atom is -0.398 e. The lowest BCUT2D eigenvalue weighted by Gasteiger charge is -2.07. The van der Waals surface area contributed by atoms with E-state index in [1.54, 1.807) is 12.3 Å². The highest BCUT2D eigenvalue weighted by atomic mass is 16.6. The van der Waals surface area contributed by atoms with Crippen LogP contribution >= 0.6 is 0 Å². The molecule has 2 rings (SSSR count). The number of nitrogens with one attached hydrogen (secondary N) is 1. The molecule has 0 saturated carbocycles. The summed E-state index contributed by atoms with van der Waals surface area (Å²) in [5, 5.41) is 18.0. The van der Waals surface area contributed by atoms with Gasteiger partial charge in [-0.15, -0.1) is 0 Å². The molecule has 3 N–H and O–H groups in total. The minimum absolute atomic E-state index is 0.0163. The van der Waals surface area contributed by atoms with Gasteiger partial charge in [0.15, 0.2) is 0 Å². The van der Waals surface area contributed by atoms with Crippen LogP contribution < -0.4 is 11.1 Å². The molecule has 0 atom stereocenters. The highest BCUT2D eigenvalue weighted by molar-refractivity contribution is 5.61. The van der Waals surface area contributed by atoms with E-state index in [1.807, 2.05) is 17.8 Å². The van der Waals surface area contributed by atoms with Crippen LogP contribution in [0.4, 0.5) is 17.1 Å². The minimum atomic E-state index is -0.460. The van der Waals surface area contributed by atoms with Gasteiger partial charge in [0.25, 0.3) is 5.69 Å². The predicted molar refractivity (Wildman–Crippen MR) is 73.0 cm³/mol. The number of anilines is 2. The number of rotatable bonds is 5. The van der Waals surface area contributed by atoms with Gasteiger partial charge in [-0.05, 0) is 18.6 Å². The summed E-state index contributed by atoms with van der Waals surface area (Å²) in [5.41, 5.74) is 7.70. The Bertz CT molecular complexity index is 594. The van der Waals surface area contributed by atoms with Crippen molar-refractivity contribution in [1.29, 1.82) is 0 Å². The van der Waals surface area contributed by atoms with Gasteiger partial charge in [0.05, 0.1) is 17.7 Å². The smallest absolute Gasteiger partial charge is 0.273 e. The maximum atomic E-state index is 10.7. The Balaban J connectivity index is 1.97. The molecular formula is C12H15N5O2. The van der Waals surface area contributed by atoms with Crippen LogP contribution in [0.5, 0.6) is 0 Å². The number of hydrogen-bond donors (Lipinski definition) is 2. The third-order valence-electron chi connectivity index (χ3n) is 2.58. The van der Waals surface area contributed by atoms with Crippen LogP contribution in [-0.2, 0) is 6.54 Å². The Kier molecular flexibility index (Phi) is 3.65. The highest BCUT2D eigenvalue weighted by Gasteiger charge is 2.08. The van der Waals surface area contributed by atoms with Crippen molar-refractivity contribution in [3.8, 4) is 0 Å². The molecule has 0 saturated heterocycles. The molecule has 0 aliphatic rings. The van der Waals surface area contributed by atoms with Crippen LogP contribution in [0.3, 0.4) is 0 Å². The number of non-ortho nitro benzene ring substituents is 1. The first-order chi connectivity index (χ1) is 9.04. The Morgan fingerprint density at radius 1 is 1.47 bits per heavy atom. The first kappa shape index (κ1) is 12.9. The second-order valence-electron chi connectivity index (χ2n) is 4.28. The lowest BCUT2D eigenvalue weighted by Crippen LogP contribution is -2.11. The fourth-order valence-electron chi connectivity index (χ4n) is 1.75. The number of hydrogen-bond acceptors (Lipinski definition) is 5. The third kappa shape index (κ3) is 3.44. The molecule has 0 aliphatic heterocycles. The van der Waals surface area contributed by atoms with E-state index in [9.17, 15) is 10.1 Å². The molecule has 7 heteroatoms. The molecule has 0 radical (unpaired) electrons. The summed E-state index contributed by atoms with van der Waals surface area (Å²) in [5.74, 6) is 0. The Morgan fingerprint density at radius 2 is 2.26 bits per heavy atom. The van der Waals surface area contributed by atoms with Crippen LogP contribution in [0.25, 0.3) is 0 Å². The second-order valence-corrected chi connectivity index (χ2v) is 4.28. The largest absolute Gasteiger partial charge is 0.398 e. The van der Waals surface area contributed by atoms with Gasteiger partial charge in [0, 0.05) is 36.2 Å². The number of nitrogens with zero attached hydrogens (tertiary/aromatic N) is 3. The molecular weight excluding hydrogens is 246 g/mol. The van der Waals surface area contributed by atoms with Gasteiger partial charge in [0.1, 0.15) is 0 Å². The summed E-state index contributed by atoms with van der Waals surface area (Å²) in [6.07, 6.45) is 3.72. The fourth-order valence-corrected chi connectivity index (χ4v) is 1.75. The lowest BCUT2D eigenvalue weighted by atomic mass is 10.2. The number of nitrogen functional groups attached to an aromatic ring is 1. The molecule has 1 aromatic carbocycles. The molecule has 0 bridgehead atoms. The zero-order valence-corrected chi connectivity index (χ0v) is 10.5. The SMILES string of the molecule is Cc1cnn(CCNc2cc(N)cc([N+](=O)[O-])c2)c1. The molecule has 7 nitrogen and oxygen atoms in total. The topological polar surface area (TPSA) is 99.0 Å². The van der Waals surface area contributed by atoms with Crippen molar-refractivity contribution < 1.29 is 4.92 Å². The Hall–Kier alpha value is -2.57. The van der Waals surface area contributed by atoms with Gasteiger partial charge in [-0.1, -0.05) is 0 Å². The molecule has 1 aromatic heterocycles. The van der Waals surface area contributed by atoms with E-state index >= 15 is 0 Å². The summed E-state index contributed by atoms with van der Waals surface area (Å²) in [4.78, 5) is 10.3. The second kappa shape index (κ2) is 5.38. The van der Waals surface area contributed by atoms with Gasteiger partial charge in [-0.25, -0.2) is 0 Å². The van der Waals surface area contributed by atoms with Crippen molar-refractivity contribution in [2.45, 2.75) is 13.5 Å². The maximum absolute atomic E-state index is 10.7. The van der Waals surface area contributed by atoms with Crippen LogP contribution in [0.2, 0.25) is 0 Å². The summed E-state index contributed by atoms with van der Waals surface area (Å²) in [7, 11) is 0. The monoisotopic (exact) mass is 261 g/mol. The number of aryl methyl sites for hydroxylation is 1. The Labute approximate surface area is 110 Å². The fraction of sp³-hybridized carbons (Fsp3) is 0.250. The molecule has 1 heterocycles. The summed E-state index contributed by atoms with van der Waals surface area (Å²) in [6.45, 7) is 3.26. The Morgan fingerprint density at radius 3 is 2.89 bits per heavy atom. The van der Waals surface area contributed by atoms with Gasteiger partial charge in [0.2, 0.25) is 0 Å². The first-order valence-corrected chi connectivity index (χ1v) is 5.82. The van der Waals surface area contributed by atoms with E-state index in [0.717, 1.165) is 5.56 Å². The predicted octanol–water partition coefficient (Wildman–Crippen LogP) is 1.79. The quantitative estimate of drug-likeness (QED) is 0.485. The van der Waals surface area contributed by atoms with E-state index in [-0.39, 0.29) is 5.69 Å². The van der Waals surface area contributed by atoms with Crippen molar-refractivity contribution in [3.63, 3.8) is 0 Å². The van der Waals surface area contributed by atoms with E-state index < -0.39 is 4.92 Å². The average Bonchev–Trinajstić information content (AvgIpc) is 2.74. The summed E-state index contributed by atoms with van der Waals surface area (Å²) >= 11 is 0. The number of nitro benzene ring substituents is 1. The van der Waals surface area contributed by atoms with Crippen molar-refractivity contribution in [3.05, 3.63) is 46.3 Å². The van der Waals surface area contributed by atoms with Gasteiger partial charge < -0.3 is 11.1 Å². The number of nitrogens with two attached hydrogens (primary N) is 1. The molecule has 0 spiro atoms. The van der Waals surface area contributed by atoms with Crippen molar-refractivity contribution in [2.75, 3.05) is 17.6 Å². The maximum Gasteiger partial charge on any atom is 0.273 e.